The zero-order valence-electron chi connectivity index (χ0n) is 16.1. The fourth-order valence-corrected chi connectivity index (χ4v) is 2.40. The normalized spacial score (nSPS) is 10.8. The molecule has 0 aliphatic heterocycles. The monoisotopic (exact) mass is 351 g/mol. The molecule has 1 amide bonds. The van der Waals surface area contributed by atoms with E-state index in [1.54, 1.807) is 7.11 Å². The molecule has 0 aromatic heterocycles. The van der Waals surface area contributed by atoms with Crippen molar-refractivity contribution in [2.45, 2.75) is 26.4 Å². The lowest BCUT2D eigenvalue weighted by atomic mass is 10.2. The Morgan fingerprint density at radius 2 is 1.76 bits per heavy atom. The summed E-state index contributed by atoms with van der Waals surface area (Å²) in [6.07, 6.45) is 1.62. The van der Waals surface area contributed by atoms with Crippen LogP contribution < -0.4 is 10.1 Å². The predicted octanol–water partition coefficient (Wildman–Crippen LogP) is 2.59. The summed E-state index contributed by atoms with van der Waals surface area (Å²) in [7, 11) is 5.71. The molecule has 0 radical (unpaired) electrons. The lowest BCUT2D eigenvalue weighted by Gasteiger charge is -2.23. The maximum atomic E-state index is 12.4. The molecule has 0 saturated carbocycles. The van der Waals surface area contributed by atoms with Gasteiger partial charge in [-0.25, -0.2) is 4.79 Å². The van der Waals surface area contributed by atoms with Gasteiger partial charge < -0.3 is 24.6 Å². The van der Waals surface area contributed by atoms with E-state index in [-0.39, 0.29) is 12.7 Å². The Balaban J connectivity index is 2.47. The summed E-state index contributed by atoms with van der Waals surface area (Å²) in [6.45, 7) is 6.59. The molecule has 25 heavy (non-hydrogen) atoms. The van der Waals surface area contributed by atoms with E-state index in [4.69, 9.17) is 9.47 Å². The first-order valence-electron chi connectivity index (χ1n) is 8.97. The highest BCUT2D eigenvalue weighted by atomic mass is 16.6. The molecule has 1 rings (SSSR count). The van der Waals surface area contributed by atoms with Gasteiger partial charge in [-0.15, -0.1) is 0 Å². The van der Waals surface area contributed by atoms with E-state index in [1.807, 2.05) is 43.3 Å². The molecule has 0 heterocycles. The summed E-state index contributed by atoms with van der Waals surface area (Å²) < 4.78 is 10.6. The second kappa shape index (κ2) is 12.6. The van der Waals surface area contributed by atoms with Crippen molar-refractivity contribution in [3.05, 3.63) is 29.8 Å². The second-order valence-corrected chi connectivity index (χ2v) is 6.25. The molecule has 0 atom stereocenters. The smallest absolute Gasteiger partial charge is 0.410 e. The van der Waals surface area contributed by atoms with Crippen LogP contribution >= 0.6 is 0 Å². The molecular formula is C19H33N3O3. The third-order valence-corrected chi connectivity index (χ3v) is 3.84. The molecule has 1 aromatic carbocycles. The third-order valence-electron chi connectivity index (χ3n) is 3.84. The predicted molar refractivity (Wildman–Crippen MR) is 101 cm³/mol. The Labute approximate surface area is 152 Å². The molecule has 142 valence electrons. The van der Waals surface area contributed by atoms with Gasteiger partial charge in [0.25, 0.3) is 0 Å². The molecule has 6 heteroatoms. The Kier molecular flexibility index (Phi) is 10.7. The molecule has 0 saturated heterocycles. The number of rotatable bonds is 12. The summed E-state index contributed by atoms with van der Waals surface area (Å²) >= 11 is 0. The first-order valence-corrected chi connectivity index (χ1v) is 8.97. The van der Waals surface area contributed by atoms with Crippen molar-refractivity contribution in [2.24, 2.45) is 0 Å². The third kappa shape index (κ3) is 9.31. The van der Waals surface area contributed by atoms with Gasteiger partial charge in [-0.1, -0.05) is 19.1 Å². The second-order valence-electron chi connectivity index (χ2n) is 6.25. The quantitative estimate of drug-likeness (QED) is 0.587. The maximum Gasteiger partial charge on any atom is 0.410 e. The van der Waals surface area contributed by atoms with Crippen LogP contribution in [-0.2, 0) is 11.3 Å². The van der Waals surface area contributed by atoms with Crippen molar-refractivity contribution in [3.63, 3.8) is 0 Å². The lowest BCUT2D eigenvalue weighted by molar-refractivity contribution is 0.0944. The molecule has 6 nitrogen and oxygen atoms in total. The largest absolute Gasteiger partial charge is 0.497 e. The van der Waals surface area contributed by atoms with Gasteiger partial charge in [0, 0.05) is 13.1 Å². The number of methoxy groups -OCH3 is 1. The Hall–Kier alpha value is -1.79. The summed E-state index contributed by atoms with van der Waals surface area (Å²) in [5.41, 5.74) is 0.954. The number of nitrogens with zero attached hydrogens (tertiary/aromatic N) is 2. The number of amides is 1. The van der Waals surface area contributed by atoms with Crippen molar-refractivity contribution in [2.75, 3.05) is 53.9 Å². The first-order chi connectivity index (χ1) is 12.1. The fourth-order valence-electron chi connectivity index (χ4n) is 2.40. The van der Waals surface area contributed by atoms with Crippen LogP contribution in [0, 0.1) is 0 Å². The minimum absolute atomic E-state index is 0.244. The molecule has 0 aliphatic carbocycles. The van der Waals surface area contributed by atoms with Gasteiger partial charge in [0.1, 0.15) is 12.4 Å². The summed E-state index contributed by atoms with van der Waals surface area (Å²) in [5, 5.41) is 3.29. The van der Waals surface area contributed by atoms with E-state index in [2.05, 4.69) is 17.1 Å². The maximum absolute atomic E-state index is 12.4. The number of nitrogens with one attached hydrogen (secondary N) is 1. The minimum Gasteiger partial charge on any atom is -0.497 e. The van der Waals surface area contributed by atoms with Crippen molar-refractivity contribution >= 4 is 6.09 Å². The summed E-state index contributed by atoms with van der Waals surface area (Å²) in [6, 6.07) is 7.56. The molecule has 0 fully saturated rings. The zero-order valence-corrected chi connectivity index (χ0v) is 16.1. The Morgan fingerprint density at radius 1 is 1.08 bits per heavy atom. The van der Waals surface area contributed by atoms with E-state index in [0.29, 0.717) is 13.1 Å². The number of carbonyl (C=O) groups excluding carboxylic acids is 1. The van der Waals surface area contributed by atoms with E-state index in [9.17, 15) is 4.79 Å². The van der Waals surface area contributed by atoms with Gasteiger partial charge in [0.05, 0.1) is 7.11 Å². The van der Waals surface area contributed by atoms with Crippen LogP contribution in [0.3, 0.4) is 0 Å². The molecule has 0 bridgehead atoms. The minimum atomic E-state index is -0.244. The van der Waals surface area contributed by atoms with Gasteiger partial charge in [-0.2, -0.15) is 0 Å². The van der Waals surface area contributed by atoms with E-state index in [1.165, 1.54) is 0 Å². The number of ether oxygens (including phenoxy) is 2. The van der Waals surface area contributed by atoms with Gasteiger partial charge in [-0.3, -0.25) is 0 Å². The van der Waals surface area contributed by atoms with Crippen LogP contribution in [0.15, 0.2) is 24.3 Å². The van der Waals surface area contributed by atoms with Crippen LogP contribution in [-0.4, -0.2) is 69.8 Å². The standard InChI is InChI=1S/C19H33N3O3/c1-5-20-12-6-14-22(15-7-13-21(2)3)19(23)25-16-17-8-10-18(24-4)11-9-17/h8-11,20H,5-7,12-16H2,1-4H3. The molecule has 1 N–H and O–H groups in total. The average molecular weight is 351 g/mol. The van der Waals surface area contributed by atoms with Crippen LogP contribution in [0.1, 0.15) is 25.3 Å². The van der Waals surface area contributed by atoms with Gasteiger partial charge in [-0.05, 0) is 64.3 Å². The van der Waals surface area contributed by atoms with E-state index in [0.717, 1.165) is 43.8 Å². The van der Waals surface area contributed by atoms with Crippen molar-refractivity contribution in [3.8, 4) is 5.75 Å². The molecule has 0 spiro atoms. The SMILES string of the molecule is CCNCCCN(CCCN(C)C)C(=O)OCc1ccc(OC)cc1. The number of hydrogen-bond donors (Lipinski definition) is 1. The first kappa shape index (κ1) is 21.3. The Morgan fingerprint density at radius 3 is 2.36 bits per heavy atom. The van der Waals surface area contributed by atoms with Crippen LogP contribution in [0.2, 0.25) is 0 Å². The lowest BCUT2D eigenvalue weighted by Crippen LogP contribution is -2.35. The van der Waals surface area contributed by atoms with Crippen molar-refractivity contribution < 1.29 is 14.3 Å². The summed E-state index contributed by atoms with van der Waals surface area (Å²) in [4.78, 5) is 16.4. The number of benzene rings is 1. The van der Waals surface area contributed by atoms with Gasteiger partial charge >= 0.3 is 6.09 Å². The van der Waals surface area contributed by atoms with Gasteiger partial charge in [0.15, 0.2) is 0 Å². The average Bonchev–Trinajstić information content (AvgIpc) is 2.61. The highest BCUT2D eigenvalue weighted by Gasteiger charge is 2.14. The molecule has 0 aliphatic rings. The molecular weight excluding hydrogens is 318 g/mol. The number of hydrogen-bond acceptors (Lipinski definition) is 5. The Bertz CT molecular complexity index is 477. The van der Waals surface area contributed by atoms with Crippen LogP contribution in [0.5, 0.6) is 5.75 Å². The topological polar surface area (TPSA) is 54.0 Å². The van der Waals surface area contributed by atoms with Crippen molar-refractivity contribution in [1.29, 1.82) is 0 Å². The van der Waals surface area contributed by atoms with Crippen molar-refractivity contribution in [1.82, 2.24) is 15.1 Å². The van der Waals surface area contributed by atoms with Gasteiger partial charge in [0.2, 0.25) is 0 Å². The molecule has 1 aromatic rings. The van der Waals surface area contributed by atoms with E-state index < -0.39 is 0 Å². The van der Waals surface area contributed by atoms with Crippen LogP contribution in [0.4, 0.5) is 4.79 Å². The number of carbonyl (C=O) groups is 1. The molecule has 0 unspecified atom stereocenters. The van der Waals surface area contributed by atoms with Crippen LogP contribution in [0.25, 0.3) is 0 Å². The zero-order chi connectivity index (χ0) is 18.5. The highest BCUT2D eigenvalue weighted by molar-refractivity contribution is 5.67. The van der Waals surface area contributed by atoms with E-state index >= 15 is 0 Å². The fraction of sp³-hybridized carbons (Fsp3) is 0.632. The summed E-state index contributed by atoms with van der Waals surface area (Å²) in [5.74, 6) is 0.795. The highest BCUT2D eigenvalue weighted by Crippen LogP contribution is 2.12.